The lowest BCUT2D eigenvalue weighted by Crippen LogP contribution is -2.51. The third-order valence-electron chi connectivity index (χ3n) is 5.37. The second-order valence-electron chi connectivity index (χ2n) is 9.47. The quantitative estimate of drug-likeness (QED) is 0.565. The van der Waals surface area contributed by atoms with Gasteiger partial charge in [-0.2, -0.15) is 0 Å². The number of likely N-dealkylation sites (N-methyl/N-ethyl adjacent to an activating group) is 1. The number of rotatable bonds is 8. The van der Waals surface area contributed by atoms with E-state index in [9.17, 15) is 14.4 Å². The van der Waals surface area contributed by atoms with E-state index < -0.39 is 29.7 Å². The highest BCUT2D eigenvalue weighted by molar-refractivity contribution is 5.99. The number of carbonyl (C=O) groups is 3. The van der Waals surface area contributed by atoms with Crippen LogP contribution in [0.2, 0.25) is 0 Å². The molecular weight excluding hydrogens is 446 g/mol. The molecule has 0 aromatic heterocycles. The Kier molecular flexibility index (Phi) is 9.28. The van der Waals surface area contributed by atoms with E-state index in [-0.39, 0.29) is 12.5 Å². The summed E-state index contributed by atoms with van der Waals surface area (Å²) in [5.41, 5.74) is 2.45. The van der Waals surface area contributed by atoms with Gasteiger partial charge in [0.05, 0.1) is 7.11 Å². The molecule has 0 radical (unpaired) electrons. The standard InChI is InChI=1S/C27H37N3O5/c1-9-30(25(32)19(4)28-26(33)35-27(5,6)7)23(22-16-17(2)10-11-18(22)3)24(31)29-20-12-14-21(34-8)15-13-20/h10-16,19,23H,9H2,1-8H3,(H,28,33)(H,29,31). The summed E-state index contributed by atoms with van der Waals surface area (Å²) in [4.78, 5) is 40.8. The number of benzene rings is 2. The Hall–Kier alpha value is -3.55. The van der Waals surface area contributed by atoms with Gasteiger partial charge in [-0.05, 0) is 83.9 Å². The van der Waals surface area contributed by atoms with Crippen LogP contribution in [0.4, 0.5) is 10.5 Å². The number of aryl methyl sites for hydroxylation is 2. The number of methoxy groups -OCH3 is 1. The van der Waals surface area contributed by atoms with Gasteiger partial charge in [-0.25, -0.2) is 4.79 Å². The fourth-order valence-electron chi connectivity index (χ4n) is 3.65. The van der Waals surface area contributed by atoms with Crippen LogP contribution in [-0.2, 0) is 14.3 Å². The molecule has 2 atom stereocenters. The van der Waals surface area contributed by atoms with Crippen molar-refractivity contribution in [2.24, 2.45) is 0 Å². The number of nitrogens with one attached hydrogen (secondary N) is 2. The zero-order chi connectivity index (χ0) is 26.3. The summed E-state index contributed by atoms with van der Waals surface area (Å²) in [6, 6.07) is 11.0. The van der Waals surface area contributed by atoms with Crippen molar-refractivity contribution in [3.05, 3.63) is 59.2 Å². The minimum Gasteiger partial charge on any atom is -0.497 e. The van der Waals surface area contributed by atoms with Crippen molar-refractivity contribution in [1.29, 1.82) is 0 Å². The van der Waals surface area contributed by atoms with E-state index >= 15 is 0 Å². The average Bonchev–Trinajstić information content (AvgIpc) is 2.77. The van der Waals surface area contributed by atoms with Crippen LogP contribution in [0.15, 0.2) is 42.5 Å². The molecule has 0 aliphatic rings. The number of ether oxygens (including phenoxy) is 2. The summed E-state index contributed by atoms with van der Waals surface area (Å²) in [5.74, 6) is -0.0841. The molecule has 3 amide bonds. The molecule has 2 aromatic carbocycles. The van der Waals surface area contributed by atoms with Gasteiger partial charge >= 0.3 is 6.09 Å². The Labute approximate surface area is 208 Å². The fourth-order valence-corrected chi connectivity index (χ4v) is 3.65. The van der Waals surface area contributed by atoms with Crippen molar-refractivity contribution in [1.82, 2.24) is 10.2 Å². The highest BCUT2D eigenvalue weighted by Gasteiger charge is 2.34. The maximum absolute atomic E-state index is 13.6. The van der Waals surface area contributed by atoms with E-state index in [2.05, 4.69) is 10.6 Å². The Bertz CT molecular complexity index is 1040. The van der Waals surface area contributed by atoms with Crippen molar-refractivity contribution in [2.75, 3.05) is 19.0 Å². The minimum atomic E-state index is -0.905. The van der Waals surface area contributed by atoms with Crippen LogP contribution in [0.3, 0.4) is 0 Å². The van der Waals surface area contributed by atoms with Crippen molar-refractivity contribution in [2.45, 2.75) is 66.2 Å². The molecule has 0 saturated heterocycles. The molecular formula is C27H37N3O5. The molecule has 0 aliphatic carbocycles. The van der Waals surface area contributed by atoms with Gasteiger partial charge in [0.2, 0.25) is 5.91 Å². The van der Waals surface area contributed by atoms with Crippen LogP contribution in [0, 0.1) is 13.8 Å². The Morgan fingerprint density at radius 2 is 1.66 bits per heavy atom. The first kappa shape index (κ1) is 27.7. The van der Waals surface area contributed by atoms with Crippen LogP contribution >= 0.6 is 0 Å². The number of anilines is 1. The van der Waals surface area contributed by atoms with E-state index in [1.54, 1.807) is 66.0 Å². The molecule has 0 bridgehead atoms. The molecule has 2 rings (SSSR count). The summed E-state index contributed by atoms with van der Waals surface area (Å²) in [7, 11) is 1.57. The number of carbonyl (C=O) groups excluding carboxylic acids is 3. The minimum absolute atomic E-state index is 0.257. The lowest BCUT2D eigenvalue weighted by molar-refractivity contribution is -0.140. The molecule has 35 heavy (non-hydrogen) atoms. The van der Waals surface area contributed by atoms with Gasteiger partial charge in [-0.3, -0.25) is 9.59 Å². The number of hydrogen-bond acceptors (Lipinski definition) is 5. The molecule has 0 fully saturated rings. The summed E-state index contributed by atoms with van der Waals surface area (Å²) in [6.45, 7) is 12.7. The SMILES string of the molecule is CCN(C(=O)C(C)NC(=O)OC(C)(C)C)C(C(=O)Nc1ccc(OC)cc1)c1cc(C)ccc1C. The molecule has 2 N–H and O–H groups in total. The third kappa shape index (κ3) is 7.73. The van der Waals surface area contributed by atoms with Gasteiger partial charge in [0.1, 0.15) is 23.4 Å². The zero-order valence-electron chi connectivity index (χ0n) is 21.9. The second kappa shape index (κ2) is 11.7. The molecule has 8 heteroatoms. The molecule has 2 unspecified atom stereocenters. The molecule has 0 saturated carbocycles. The van der Waals surface area contributed by atoms with Crippen LogP contribution in [-0.4, -0.2) is 48.1 Å². The van der Waals surface area contributed by atoms with E-state index in [0.717, 1.165) is 16.7 Å². The highest BCUT2D eigenvalue weighted by atomic mass is 16.6. The van der Waals surface area contributed by atoms with E-state index in [1.807, 2.05) is 32.0 Å². The van der Waals surface area contributed by atoms with Crippen LogP contribution in [0.5, 0.6) is 5.75 Å². The van der Waals surface area contributed by atoms with Gasteiger partial charge in [-0.15, -0.1) is 0 Å². The number of alkyl carbamates (subject to hydrolysis) is 1. The topological polar surface area (TPSA) is 97.0 Å². The van der Waals surface area contributed by atoms with Crippen LogP contribution in [0.1, 0.15) is 57.4 Å². The normalized spacial score (nSPS) is 12.8. The Morgan fingerprint density at radius 1 is 1.03 bits per heavy atom. The van der Waals surface area contributed by atoms with Crippen LogP contribution < -0.4 is 15.4 Å². The first-order valence-electron chi connectivity index (χ1n) is 11.7. The second-order valence-corrected chi connectivity index (χ2v) is 9.47. The van der Waals surface area contributed by atoms with E-state index in [1.165, 1.54) is 4.90 Å². The predicted octanol–water partition coefficient (Wildman–Crippen LogP) is 4.75. The highest BCUT2D eigenvalue weighted by Crippen LogP contribution is 2.28. The van der Waals surface area contributed by atoms with Gasteiger partial charge in [-0.1, -0.05) is 23.8 Å². The first-order valence-corrected chi connectivity index (χ1v) is 11.7. The molecule has 2 aromatic rings. The van der Waals surface area contributed by atoms with Crippen molar-refractivity contribution < 1.29 is 23.9 Å². The lowest BCUT2D eigenvalue weighted by Gasteiger charge is -2.33. The molecule has 0 heterocycles. The van der Waals surface area contributed by atoms with Gasteiger partial charge in [0.25, 0.3) is 5.91 Å². The zero-order valence-corrected chi connectivity index (χ0v) is 21.9. The van der Waals surface area contributed by atoms with Crippen LogP contribution in [0.25, 0.3) is 0 Å². The number of hydrogen-bond donors (Lipinski definition) is 2. The van der Waals surface area contributed by atoms with Gasteiger partial charge in [0, 0.05) is 12.2 Å². The van der Waals surface area contributed by atoms with Crippen molar-refractivity contribution >= 4 is 23.6 Å². The Morgan fingerprint density at radius 3 is 2.20 bits per heavy atom. The summed E-state index contributed by atoms with van der Waals surface area (Å²) in [5, 5.41) is 5.51. The van der Waals surface area contributed by atoms with Gasteiger partial charge < -0.3 is 25.0 Å². The maximum atomic E-state index is 13.6. The van der Waals surface area contributed by atoms with Crippen molar-refractivity contribution in [3.63, 3.8) is 0 Å². The Balaban J connectivity index is 2.39. The summed E-state index contributed by atoms with van der Waals surface area (Å²) >= 11 is 0. The van der Waals surface area contributed by atoms with E-state index in [4.69, 9.17) is 9.47 Å². The first-order chi connectivity index (χ1) is 16.4. The largest absolute Gasteiger partial charge is 0.497 e. The molecule has 0 aliphatic heterocycles. The van der Waals surface area contributed by atoms with Gasteiger partial charge in [0.15, 0.2) is 0 Å². The monoisotopic (exact) mass is 483 g/mol. The fraction of sp³-hybridized carbons (Fsp3) is 0.444. The molecule has 8 nitrogen and oxygen atoms in total. The third-order valence-corrected chi connectivity index (χ3v) is 5.37. The predicted molar refractivity (Wildman–Crippen MR) is 136 cm³/mol. The lowest BCUT2D eigenvalue weighted by atomic mass is 9.96. The van der Waals surface area contributed by atoms with Crippen molar-refractivity contribution in [3.8, 4) is 5.75 Å². The molecule has 0 spiro atoms. The molecule has 190 valence electrons. The summed E-state index contributed by atoms with van der Waals surface area (Å²) in [6.07, 6.45) is -0.694. The average molecular weight is 484 g/mol. The van der Waals surface area contributed by atoms with E-state index in [0.29, 0.717) is 11.4 Å². The maximum Gasteiger partial charge on any atom is 0.408 e. The number of amides is 3. The smallest absolute Gasteiger partial charge is 0.408 e. The summed E-state index contributed by atoms with van der Waals surface area (Å²) < 4.78 is 10.5. The number of nitrogens with zero attached hydrogens (tertiary/aromatic N) is 1.